The van der Waals surface area contributed by atoms with Gasteiger partial charge in [0.15, 0.2) is 11.1 Å². The van der Waals surface area contributed by atoms with E-state index in [1.165, 1.54) is 14.2 Å². The molecule has 0 fully saturated rings. The molecule has 0 amide bonds. The van der Waals surface area contributed by atoms with Gasteiger partial charge in [-0.15, -0.1) is 0 Å². The Balaban J connectivity index is 0.000000240. The predicted octanol–water partition coefficient (Wildman–Crippen LogP) is 1.26. The zero-order valence-corrected chi connectivity index (χ0v) is 15.8. The zero-order chi connectivity index (χ0) is 18.7. The molecule has 2 rings (SSSR count). The molecule has 2 aliphatic heterocycles. The maximum atomic E-state index is 11.4. The third-order valence-corrected chi connectivity index (χ3v) is 4.52. The van der Waals surface area contributed by atoms with Crippen LogP contribution >= 0.6 is 0 Å². The molecule has 24 heavy (non-hydrogen) atoms. The minimum Gasteiger partial charge on any atom is -0.467 e. The van der Waals surface area contributed by atoms with Gasteiger partial charge in [-0.25, -0.2) is 9.59 Å². The van der Waals surface area contributed by atoms with E-state index in [4.69, 9.17) is 9.47 Å². The molecule has 0 aromatic rings. The van der Waals surface area contributed by atoms with E-state index < -0.39 is 11.1 Å². The number of likely N-dealkylation sites (N-methyl/N-ethyl adjacent to an activating group) is 2. The van der Waals surface area contributed by atoms with Crippen molar-refractivity contribution in [1.82, 2.24) is 10.0 Å². The molecule has 8 nitrogen and oxygen atoms in total. The Morgan fingerprint density at radius 3 is 1.33 bits per heavy atom. The van der Waals surface area contributed by atoms with E-state index in [1.807, 2.05) is 27.7 Å². The Bertz CT molecular complexity index is 524. The van der Waals surface area contributed by atoms with Crippen molar-refractivity contribution in [2.75, 3.05) is 28.3 Å². The Morgan fingerprint density at radius 1 is 0.875 bits per heavy atom. The highest BCUT2D eigenvalue weighted by Crippen LogP contribution is 2.27. The van der Waals surface area contributed by atoms with Crippen LogP contribution in [0.2, 0.25) is 0 Å². The molecule has 0 aromatic heterocycles. The van der Waals surface area contributed by atoms with Crippen molar-refractivity contribution in [3.05, 3.63) is 0 Å². The summed E-state index contributed by atoms with van der Waals surface area (Å²) in [4.78, 5) is 22.7. The van der Waals surface area contributed by atoms with Gasteiger partial charge in [0.2, 0.25) is 0 Å². The molecule has 2 aliphatic rings. The van der Waals surface area contributed by atoms with E-state index >= 15 is 0 Å². The van der Waals surface area contributed by atoms with Crippen LogP contribution in [0.25, 0.3) is 0 Å². The number of nitrogens with zero attached hydrogens (tertiary/aromatic N) is 4. The van der Waals surface area contributed by atoms with Crippen LogP contribution in [-0.4, -0.2) is 72.8 Å². The van der Waals surface area contributed by atoms with E-state index in [0.29, 0.717) is 12.8 Å². The van der Waals surface area contributed by atoms with Gasteiger partial charge in [0.1, 0.15) is 0 Å². The van der Waals surface area contributed by atoms with Crippen molar-refractivity contribution in [3.63, 3.8) is 0 Å². The van der Waals surface area contributed by atoms with Crippen LogP contribution in [0.4, 0.5) is 0 Å². The largest absolute Gasteiger partial charge is 0.467 e. The summed E-state index contributed by atoms with van der Waals surface area (Å²) in [5.74, 6) is -0.462. The Labute approximate surface area is 143 Å². The minimum absolute atomic E-state index is 0.231. The number of hydrogen-bond acceptors (Lipinski definition) is 8. The van der Waals surface area contributed by atoms with E-state index in [1.54, 1.807) is 24.1 Å². The van der Waals surface area contributed by atoms with Crippen LogP contribution in [-0.2, 0) is 19.1 Å². The van der Waals surface area contributed by atoms with Gasteiger partial charge in [-0.05, 0) is 27.7 Å². The SMILES string of the molecule is COC(=O)C1(C)CC(C)=NN1C.COC(=O)C1(C)CC(C)=NN1C. The lowest BCUT2D eigenvalue weighted by molar-refractivity contribution is -0.152. The van der Waals surface area contributed by atoms with E-state index in [0.717, 1.165) is 11.4 Å². The topological polar surface area (TPSA) is 83.8 Å². The summed E-state index contributed by atoms with van der Waals surface area (Å²) in [6, 6.07) is 0. The molecule has 0 saturated heterocycles. The summed E-state index contributed by atoms with van der Waals surface area (Å²) >= 11 is 0. The van der Waals surface area contributed by atoms with Gasteiger partial charge in [-0.3, -0.25) is 10.0 Å². The van der Waals surface area contributed by atoms with Crippen LogP contribution in [0.1, 0.15) is 40.5 Å². The molecule has 2 unspecified atom stereocenters. The van der Waals surface area contributed by atoms with Gasteiger partial charge in [-0.2, -0.15) is 10.2 Å². The lowest BCUT2D eigenvalue weighted by Crippen LogP contribution is -2.45. The van der Waals surface area contributed by atoms with Crippen LogP contribution in [0, 0.1) is 0 Å². The average Bonchev–Trinajstić information content (AvgIpc) is 2.94. The first kappa shape index (κ1) is 19.9. The molecular weight excluding hydrogens is 312 g/mol. The molecule has 2 atom stereocenters. The second-order valence-corrected chi connectivity index (χ2v) is 6.60. The second kappa shape index (κ2) is 7.19. The molecule has 0 saturated carbocycles. The summed E-state index contributed by atoms with van der Waals surface area (Å²) in [6.07, 6.45) is 1.30. The molecule has 0 aliphatic carbocycles. The van der Waals surface area contributed by atoms with Crippen molar-refractivity contribution < 1.29 is 19.1 Å². The monoisotopic (exact) mass is 340 g/mol. The normalized spacial score (nSPS) is 28.7. The second-order valence-electron chi connectivity index (χ2n) is 6.60. The first-order valence-corrected chi connectivity index (χ1v) is 7.74. The number of ether oxygens (including phenoxy) is 2. The fourth-order valence-electron chi connectivity index (χ4n) is 2.88. The van der Waals surface area contributed by atoms with Crippen molar-refractivity contribution in [2.45, 2.75) is 51.6 Å². The first-order valence-electron chi connectivity index (χ1n) is 7.74. The summed E-state index contributed by atoms with van der Waals surface area (Å²) in [5.41, 5.74) is 0.730. The predicted molar refractivity (Wildman–Crippen MR) is 91.8 cm³/mol. The number of carbonyl (C=O) groups is 2. The summed E-state index contributed by atoms with van der Waals surface area (Å²) in [7, 11) is 6.37. The summed E-state index contributed by atoms with van der Waals surface area (Å²) < 4.78 is 9.40. The van der Waals surface area contributed by atoms with Crippen molar-refractivity contribution >= 4 is 23.4 Å². The van der Waals surface area contributed by atoms with E-state index in [2.05, 4.69) is 10.2 Å². The number of hydrogen-bond donors (Lipinski definition) is 0. The fourth-order valence-corrected chi connectivity index (χ4v) is 2.88. The molecule has 0 radical (unpaired) electrons. The maximum absolute atomic E-state index is 11.4. The fraction of sp³-hybridized carbons (Fsp3) is 0.750. The number of carbonyl (C=O) groups excluding carboxylic acids is 2. The number of hydrazone groups is 2. The summed E-state index contributed by atoms with van der Waals surface area (Å²) in [5, 5.41) is 11.6. The molecule has 2 heterocycles. The van der Waals surface area contributed by atoms with Crippen molar-refractivity contribution in [1.29, 1.82) is 0 Å². The third-order valence-electron chi connectivity index (χ3n) is 4.52. The van der Waals surface area contributed by atoms with E-state index in [-0.39, 0.29) is 11.9 Å². The number of rotatable bonds is 2. The van der Waals surface area contributed by atoms with E-state index in [9.17, 15) is 9.59 Å². The lowest BCUT2D eigenvalue weighted by Gasteiger charge is -2.27. The van der Waals surface area contributed by atoms with Crippen molar-refractivity contribution in [3.8, 4) is 0 Å². The quantitative estimate of drug-likeness (QED) is 0.704. The van der Waals surface area contributed by atoms with Gasteiger partial charge in [-0.1, -0.05) is 0 Å². The standard InChI is InChI=1S/2C8H14N2O2/c2*1-6-5-8(2,7(11)12-4)10(3)9-6/h2*5H2,1-4H3. The van der Waals surface area contributed by atoms with Crippen molar-refractivity contribution in [2.24, 2.45) is 10.2 Å². The molecule has 8 heteroatoms. The van der Waals surface area contributed by atoms with Crippen LogP contribution in [0.15, 0.2) is 10.2 Å². The Kier molecular flexibility index (Phi) is 5.97. The molecule has 136 valence electrons. The Hall–Kier alpha value is -2.12. The summed E-state index contributed by atoms with van der Waals surface area (Å²) in [6.45, 7) is 7.48. The molecule has 0 bridgehead atoms. The highest BCUT2D eigenvalue weighted by molar-refractivity contribution is 5.94. The highest BCUT2D eigenvalue weighted by atomic mass is 16.5. The van der Waals surface area contributed by atoms with Crippen LogP contribution in [0.5, 0.6) is 0 Å². The minimum atomic E-state index is -0.598. The molecule has 0 spiro atoms. The average molecular weight is 340 g/mol. The molecule has 0 aromatic carbocycles. The van der Waals surface area contributed by atoms with Gasteiger partial charge < -0.3 is 9.47 Å². The van der Waals surface area contributed by atoms with Crippen LogP contribution in [0.3, 0.4) is 0 Å². The van der Waals surface area contributed by atoms with Gasteiger partial charge >= 0.3 is 11.9 Å². The number of methoxy groups -OCH3 is 2. The molecular formula is C16H28N4O4. The smallest absolute Gasteiger partial charge is 0.333 e. The van der Waals surface area contributed by atoms with Crippen LogP contribution < -0.4 is 0 Å². The third kappa shape index (κ3) is 3.68. The first-order chi connectivity index (χ1) is 11.0. The van der Waals surface area contributed by atoms with Gasteiger partial charge in [0.05, 0.1) is 14.2 Å². The van der Waals surface area contributed by atoms with Gasteiger partial charge in [0.25, 0.3) is 0 Å². The zero-order valence-electron chi connectivity index (χ0n) is 15.8. The number of esters is 2. The Morgan fingerprint density at radius 2 is 1.17 bits per heavy atom. The highest BCUT2D eigenvalue weighted by Gasteiger charge is 2.43. The maximum Gasteiger partial charge on any atom is 0.333 e. The lowest BCUT2D eigenvalue weighted by atomic mass is 9.97. The van der Waals surface area contributed by atoms with Gasteiger partial charge in [0, 0.05) is 38.4 Å². The molecule has 0 N–H and O–H groups in total.